The first-order chi connectivity index (χ1) is 7.61. The van der Waals surface area contributed by atoms with Crippen LogP contribution in [0.2, 0.25) is 0 Å². The van der Waals surface area contributed by atoms with Crippen LogP contribution in [-0.2, 0) is 4.79 Å². The van der Waals surface area contributed by atoms with E-state index in [4.69, 9.17) is 10.2 Å². The van der Waals surface area contributed by atoms with Gasteiger partial charge in [0.2, 0.25) is 0 Å². The third-order valence-electron chi connectivity index (χ3n) is 2.20. The minimum atomic E-state index is -1.21. The van der Waals surface area contributed by atoms with E-state index in [9.17, 15) is 9.59 Å². The second-order valence-electron chi connectivity index (χ2n) is 3.13. The molecule has 2 rings (SSSR count). The highest BCUT2D eigenvalue weighted by Gasteiger charge is 2.43. The maximum atomic E-state index is 11.1. The molecule has 1 aliphatic heterocycles. The molecule has 2 atom stereocenters. The monoisotopic (exact) mass is 260 g/mol. The quantitative estimate of drug-likeness (QED) is 0.833. The molecule has 0 bridgehead atoms. The van der Waals surface area contributed by atoms with Crippen LogP contribution >= 0.6 is 23.1 Å². The maximum Gasteiger partial charge on any atom is 0.409 e. The van der Waals surface area contributed by atoms with Crippen molar-refractivity contribution >= 4 is 35.2 Å². The zero-order valence-electron chi connectivity index (χ0n) is 7.94. The molecule has 1 amide bonds. The lowest BCUT2D eigenvalue weighted by molar-refractivity contribution is -0.141. The molecule has 0 radical (unpaired) electrons. The first kappa shape index (κ1) is 11.2. The Morgan fingerprint density at radius 3 is 2.75 bits per heavy atom. The summed E-state index contributed by atoms with van der Waals surface area (Å²) in [6.45, 7) is 0. The molecule has 1 aromatic rings. The Balaban J connectivity index is 2.28. The largest absolute Gasteiger partial charge is 0.480 e. The number of hydrogen-bond acceptors (Lipinski definition) is 5. The van der Waals surface area contributed by atoms with E-state index in [1.54, 1.807) is 11.7 Å². The Labute approximate surface area is 98.9 Å². The van der Waals surface area contributed by atoms with Gasteiger partial charge in [-0.05, 0) is 0 Å². The highest BCUT2D eigenvalue weighted by Crippen LogP contribution is 2.42. The van der Waals surface area contributed by atoms with Gasteiger partial charge in [0.15, 0.2) is 0 Å². The predicted octanol–water partition coefficient (Wildman–Crippen LogP) is 1.32. The highest BCUT2D eigenvalue weighted by atomic mass is 32.2. The fourth-order valence-corrected chi connectivity index (χ4v) is 3.75. The maximum absolute atomic E-state index is 11.1. The molecule has 0 unspecified atom stereocenters. The highest BCUT2D eigenvalue weighted by molar-refractivity contribution is 7.99. The Bertz CT molecular complexity index is 408. The summed E-state index contributed by atoms with van der Waals surface area (Å²) in [7, 11) is 0. The van der Waals surface area contributed by atoms with E-state index in [1.807, 2.05) is 0 Å². The van der Waals surface area contributed by atoms with Crippen LogP contribution in [0.25, 0.3) is 0 Å². The molecule has 1 fully saturated rings. The molecule has 2 N–H and O–H groups in total. The van der Waals surface area contributed by atoms with Crippen LogP contribution in [-0.4, -0.2) is 44.0 Å². The molecule has 0 spiro atoms. The zero-order valence-corrected chi connectivity index (χ0v) is 9.57. The van der Waals surface area contributed by atoms with Gasteiger partial charge in [0, 0.05) is 11.9 Å². The number of thioether (sulfide) groups is 1. The summed E-state index contributed by atoms with van der Waals surface area (Å²) in [5.41, 5.74) is 1.60. The second-order valence-corrected chi connectivity index (χ2v) is 5.16. The molecule has 2 heterocycles. The fraction of sp³-hybridized carbons (Fsp3) is 0.375. The van der Waals surface area contributed by atoms with Gasteiger partial charge in [0.25, 0.3) is 0 Å². The van der Waals surface area contributed by atoms with E-state index in [0.29, 0.717) is 0 Å². The van der Waals surface area contributed by atoms with Crippen molar-refractivity contribution in [3.8, 4) is 0 Å². The van der Waals surface area contributed by atoms with Crippen molar-refractivity contribution in [1.82, 2.24) is 9.88 Å². The lowest BCUT2D eigenvalue weighted by Gasteiger charge is -2.22. The second kappa shape index (κ2) is 4.30. The van der Waals surface area contributed by atoms with Crippen LogP contribution in [0, 0.1) is 0 Å². The van der Waals surface area contributed by atoms with Gasteiger partial charge in [-0.2, -0.15) is 0 Å². The summed E-state index contributed by atoms with van der Waals surface area (Å²) in [4.78, 5) is 27.6. The average Bonchev–Trinajstić information content (AvgIpc) is 2.85. The van der Waals surface area contributed by atoms with Crippen LogP contribution in [0.15, 0.2) is 11.7 Å². The summed E-state index contributed by atoms with van der Waals surface area (Å²) < 4.78 is 0. The van der Waals surface area contributed by atoms with Gasteiger partial charge in [-0.3, -0.25) is 9.88 Å². The number of thiazole rings is 1. The molecule has 0 aliphatic carbocycles. The van der Waals surface area contributed by atoms with Crippen LogP contribution < -0.4 is 0 Å². The minimum absolute atomic E-state index is 0.268. The van der Waals surface area contributed by atoms with Gasteiger partial charge in [-0.15, -0.1) is 23.1 Å². The smallest absolute Gasteiger partial charge is 0.409 e. The lowest BCUT2D eigenvalue weighted by atomic mass is 10.3. The van der Waals surface area contributed by atoms with Crippen molar-refractivity contribution in [2.24, 2.45) is 0 Å². The molecule has 8 heteroatoms. The molecular formula is C8H8N2O4S2. The van der Waals surface area contributed by atoms with Gasteiger partial charge < -0.3 is 10.2 Å². The number of aromatic nitrogens is 1. The van der Waals surface area contributed by atoms with E-state index in [2.05, 4.69) is 4.98 Å². The molecule has 1 aliphatic rings. The summed E-state index contributed by atoms with van der Waals surface area (Å²) in [6.07, 6.45) is 0.360. The van der Waals surface area contributed by atoms with Crippen LogP contribution in [0.5, 0.6) is 0 Å². The van der Waals surface area contributed by atoms with Crippen molar-refractivity contribution < 1.29 is 19.8 Å². The molecule has 0 aromatic carbocycles. The number of amides is 1. The van der Waals surface area contributed by atoms with Crippen LogP contribution in [0.1, 0.15) is 10.3 Å². The average molecular weight is 260 g/mol. The third-order valence-corrected chi connectivity index (χ3v) is 4.48. The minimum Gasteiger partial charge on any atom is -0.480 e. The van der Waals surface area contributed by atoms with E-state index >= 15 is 0 Å². The number of carbonyl (C=O) groups is 2. The van der Waals surface area contributed by atoms with Crippen LogP contribution in [0.3, 0.4) is 0 Å². The van der Waals surface area contributed by atoms with Crippen molar-refractivity contribution in [3.05, 3.63) is 16.6 Å². The summed E-state index contributed by atoms with van der Waals surface area (Å²) in [5, 5.41) is 17.5. The third kappa shape index (κ3) is 1.85. The summed E-state index contributed by atoms with van der Waals surface area (Å²) >= 11 is 2.63. The molecule has 16 heavy (non-hydrogen) atoms. The molecule has 1 aromatic heterocycles. The van der Waals surface area contributed by atoms with Crippen molar-refractivity contribution in [1.29, 1.82) is 0 Å². The SMILES string of the molecule is O=C(O)[C@@H]1CS[C@H](c2cncs2)N1C(=O)O. The molecule has 6 nitrogen and oxygen atoms in total. The Hall–Kier alpha value is -1.28. The standard InChI is InChI=1S/C8H8N2O4S2/c11-7(12)4-2-15-6(10(4)8(13)14)5-1-9-3-16-5/h1,3-4,6H,2H2,(H,11,12)(H,13,14)/t4-,6+/m0/s1. The predicted molar refractivity (Wildman–Crippen MR) is 58.6 cm³/mol. The van der Waals surface area contributed by atoms with Gasteiger partial charge >= 0.3 is 12.1 Å². The first-order valence-electron chi connectivity index (χ1n) is 4.35. The van der Waals surface area contributed by atoms with Gasteiger partial charge in [0.1, 0.15) is 11.4 Å². The number of carboxylic acid groups (broad SMARTS) is 2. The Morgan fingerprint density at radius 2 is 2.25 bits per heavy atom. The first-order valence-corrected chi connectivity index (χ1v) is 6.28. The van der Waals surface area contributed by atoms with Crippen LogP contribution in [0.4, 0.5) is 4.79 Å². The molecule has 86 valence electrons. The van der Waals surface area contributed by atoms with E-state index in [0.717, 1.165) is 9.78 Å². The Kier molecular flexibility index (Phi) is 3.01. The Morgan fingerprint density at radius 1 is 1.50 bits per heavy atom. The fourth-order valence-electron chi connectivity index (χ4n) is 1.50. The van der Waals surface area contributed by atoms with Crippen molar-refractivity contribution in [3.63, 3.8) is 0 Å². The molecule has 0 saturated carbocycles. The number of aliphatic carboxylic acids is 1. The van der Waals surface area contributed by atoms with E-state index in [1.165, 1.54) is 23.1 Å². The summed E-state index contributed by atoms with van der Waals surface area (Å²) in [6, 6.07) is -0.977. The van der Waals surface area contributed by atoms with Crippen molar-refractivity contribution in [2.45, 2.75) is 11.4 Å². The van der Waals surface area contributed by atoms with E-state index in [-0.39, 0.29) is 5.75 Å². The van der Waals surface area contributed by atoms with Gasteiger partial charge in [-0.25, -0.2) is 9.59 Å². The number of rotatable bonds is 2. The summed E-state index contributed by atoms with van der Waals surface area (Å²) in [5.74, 6) is -0.841. The van der Waals surface area contributed by atoms with Gasteiger partial charge in [-0.1, -0.05) is 0 Å². The molecule has 1 saturated heterocycles. The number of carboxylic acids is 1. The molecular weight excluding hydrogens is 252 g/mol. The number of hydrogen-bond donors (Lipinski definition) is 2. The zero-order chi connectivity index (χ0) is 11.7. The topological polar surface area (TPSA) is 90.7 Å². The lowest BCUT2D eigenvalue weighted by Crippen LogP contribution is -2.41. The number of nitrogens with zero attached hydrogens (tertiary/aromatic N) is 2. The van der Waals surface area contributed by atoms with Gasteiger partial charge in [0.05, 0.1) is 10.4 Å². The van der Waals surface area contributed by atoms with Crippen molar-refractivity contribution in [2.75, 3.05) is 5.75 Å². The normalized spacial score (nSPS) is 24.6. The van der Waals surface area contributed by atoms with E-state index < -0.39 is 23.5 Å².